The van der Waals surface area contributed by atoms with Crippen molar-refractivity contribution in [1.82, 2.24) is 4.98 Å². The van der Waals surface area contributed by atoms with Gasteiger partial charge >= 0.3 is 0 Å². The van der Waals surface area contributed by atoms with E-state index in [1.807, 2.05) is 24.3 Å². The van der Waals surface area contributed by atoms with Gasteiger partial charge in [0.2, 0.25) is 0 Å². The van der Waals surface area contributed by atoms with Crippen molar-refractivity contribution in [3.63, 3.8) is 0 Å². The highest BCUT2D eigenvalue weighted by Crippen LogP contribution is 2.26. The highest BCUT2D eigenvalue weighted by atomic mass is 16.5. The zero-order valence-corrected chi connectivity index (χ0v) is 10.3. The van der Waals surface area contributed by atoms with E-state index in [0.717, 1.165) is 35.6 Å². The van der Waals surface area contributed by atoms with Crippen LogP contribution in [0.1, 0.15) is 0 Å². The third kappa shape index (κ3) is 2.11. The lowest BCUT2D eigenvalue weighted by atomic mass is 10.1. The first-order valence-corrected chi connectivity index (χ1v) is 6.00. The van der Waals surface area contributed by atoms with Crippen LogP contribution in [0.15, 0.2) is 30.5 Å². The fraction of sp³-hybridized carbons (Fsp3) is 0.357. The minimum Gasteiger partial charge on any atom is -0.494 e. The predicted octanol–water partition coefficient (Wildman–Crippen LogP) is 2.27. The summed E-state index contributed by atoms with van der Waals surface area (Å²) in [6.45, 7) is 2.29. The van der Waals surface area contributed by atoms with Gasteiger partial charge in [-0.15, -0.1) is 0 Å². The van der Waals surface area contributed by atoms with E-state index < -0.39 is 0 Å². The van der Waals surface area contributed by atoms with Crippen molar-refractivity contribution in [2.45, 2.75) is 0 Å². The van der Waals surface area contributed by atoms with Crippen LogP contribution in [0.3, 0.4) is 0 Å². The molecule has 0 saturated carbocycles. The van der Waals surface area contributed by atoms with Crippen LogP contribution < -0.4 is 9.47 Å². The lowest BCUT2D eigenvalue weighted by molar-refractivity contribution is -0.0508. The Hall–Kier alpha value is -1.81. The topological polar surface area (TPSA) is 40.6 Å². The average molecular weight is 245 g/mol. The van der Waals surface area contributed by atoms with E-state index in [2.05, 4.69) is 4.98 Å². The molecule has 0 atom stereocenters. The number of para-hydroxylation sites is 1. The summed E-state index contributed by atoms with van der Waals surface area (Å²) in [6.07, 6.45) is 1.74. The molecule has 1 saturated heterocycles. The summed E-state index contributed by atoms with van der Waals surface area (Å²) in [7, 11) is 1.65. The Balaban J connectivity index is 1.81. The molecule has 0 radical (unpaired) electrons. The molecule has 0 N–H and O–H groups in total. The minimum atomic E-state index is 0.519. The van der Waals surface area contributed by atoms with Crippen LogP contribution in [0.25, 0.3) is 10.9 Å². The van der Waals surface area contributed by atoms with Gasteiger partial charge in [-0.05, 0) is 12.1 Å². The molecule has 1 fully saturated rings. The van der Waals surface area contributed by atoms with Gasteiger partial charge in [-0.2, -0.15) is 0 Å². The molecule has 4 nitrogen and oxygen atoms in total. The van der Waals surface area contributed by atoms with Gasteiger partial charge < -0.3 is 14.2 Å². The Morgan fingerprint density at radius 1 is 1.39 bits per heavy atom. The second kappa shape index (κ2) is 4.82. The molecule has 0 bridgehead atoms. The summed E-state index contributed by atoms with van der Waals surface area (Å²) < 4.78 is 16.1. The number of ether oxygens (including phenoxy) is 3. The second-order valence-corrected chi connectivity index (χ2v) is 4.42. The lowest BCUT2D eigenvalue weighted by Crippen LogP contribution is -2.32. The first-order chi connectivity index (χ1) is 8.86. The number of benzene rings is 1. The van der Waals surface area contributed by atoms with Crippen LogP contribution in [0.2, 0.25) is 0 Å². The zero-order valence-electron chi connectivity index (χ0n) is 10.3. The maximum atomic E-state index is 5.71. The van der Waals surface area contributed by atoms with Crippen LogP contribution in [0, 0.1) is 5.92 Å². The van der Waals surface area contributed by atoms with E-state index in [9.17, 15) is 0 Å². The number of rotatable bonds is 4. The van der Waals surface area contributed by atoms with Gasteiger partial charge in [-0.25, -0.2) is 4.98 Å². The van der Waals surface area contributed by atoms with E-state index in [0.29, 0.717) is 12.5 Å². The Morgan fingerprint density at radius 3 is 3.00 bits per heavy atom. The number of pyridine rings is 1. The third-order valence-electron chi connectivity index (χ3n) is 3.06. The van der Waals surface area contributed by atoms with Crippen LogP contribution in [0.4, 0.5) is 0 Å². The Kier molecular flexibility index (Phi) is 3.02. The van der Waals surface area contributed by atoms with Crippen molar-refractivity contribution in [1.29, 1.82) is 0 Å². The summed E-state index contributed by atoms with van der Waals surface area (Å²) in [5.41, 5.74) is 0.860. The molecular formula is C14H15NO3. The van der Waals surface area contributed by atoms with Gasteiger partial charge in [0.15, 0.2) is 0 Å². The Labute approximate surface area is 105 Å². The first kappa shape index (κ1) is 11.3. The summed E-state index contributed by atoms with van der Waals surface area (Å²) in [6, 6.07) is 7.85. The first-order valence-electron chi connectivity index (χ1n) is 6.00. The van der Waals surface area contributed by atoms with Crippen LogP contribution in [-0.2, 0) is 4.74 Å². The van der Waals surface area contributed by atoms with Crippen molar-refractivity contribution in [2.75, 3.05) is 26.9 Å². The standard InChI is InChI=1S/C14H15NO3/c1-16-13-4-2-3-11-5-12(6-15-14(11)13)18-9-10-7-17-8-10/h2-6,10H,7-9H2,1H3. The van der Waals surface area contributed by atoms with Crippen molar-refractivity contribution < 1.29 is 14.2 Å². The number of nitrogens with zero attached hydrogens (tertiary/aromatic N) is 1. The Morgan fingerprint density at radius 2 is 2.28 bits per heavy atom. The molecule has 0 amide bonds. The normalized spacial score (nSPS) is 15.4. The molecule has 1 aromatic heterocycles. The van der Waals surface area contributed by atoms with Crippen molar-refractivity contribution in [2.24, 2.45) is 5.92 Å². The maximum Gasteiger partial charge on any atom is 0.145 e. The number of hydrogen-bond acceptors (Lipinski definition) is 4. The number of fused-ring (bicyclic) bond motifs is 1. The van der Waals surface area contributed by atoms with Gasteiger partial charge in [-0.1, -0.05) is 12.1 Å². The fourth-order valence-electron chi connectivity index (χ4n) is 1.95. The quantitative estimate of drug-likeness (QED) is 0.828. The predicted molar refractivity (Wildman–Crippen MR) is 68.1 cm³/mol. The second-order valence-electron chi connectivity index (χ2n) is 4.42. The van der Waals surface area contributed by atoms with Crippen LogP contribution >= 0.6 is 0 Å². The lowest BCUT2D eigenvalue weighted by Gasteiger charge is -2.25. The molecule has 3 rings (SSSR count). The van der Waals surface area contributed by atoms with Crippen molar-refractivity contribution in [3.05, 3.63) is 30.5 Å². The van der Waals surface area contributed by atoms with E-state index in [4.69, 9.17) is 14.2 Å². The average Bonchev–Trinajstić information content (AvgIpc) is 2.36. The molecule has 4 heteroatoms. The summed E-state index contributed by atoms with van der Waals surface area (Å²) in [5.74, 6) is 2.10. The van der Waals surface area contributed by atoms with E-state index in [1.54, 1.807) is 13.3 Å². The molecule has 1 aliphatic rings. The van der Waals surface area contributed by atoms with Gasteiger partial charge in [0.05, 0.1) is 33.1 Å². The monoisotopic (exact) mass is 245 g/mol. The molecule has 2 aromatic rings. The molecule has 2 heterocycles. The Bertz CT molecular complexity index is 552. The molecule has 94 valence electrons. The van der Waals surface area contributed by atoms with Gasteiger partial charge in [0.25, 0.3) is 0 Å². The third-order valence-corrected chi connectivity index (χ3v) is 3.06. The highest BCUT2D eigenvalue weighted by molar-refractivity contribution is 5.85. The summed E-state index contributed by atoms with van der Waals surface area (Å²) in [4.78, 5) is 4.39. The molecule has 1 aromatic carbocycles. The summed E-state index contributed by atoms with van der Waals surface area (Å²) in [5, 5.41) is 1.02. The number of methoxy groups -OCH3 is 1. The molecular weight excluding hydrogens is 230 g/mol. The smallest absolute Gasteiger partial charge is 0.145 e. The molecule has 1 aliphatic heterocycles. The van der Waals surface area contributed by atoms with Gasteiger partial charge in [0, 0.05) is 11.3 Å². The van der Waals surface area contributed by atoms with Gasteiger partial charge in [0.1, 0.15) is 17.0 Å². The SMILES string of the molecule is COc1cccc2cc(OCC3COC3)cnc12. The largest absolute Gasteiger partial charge is 0.494 e. The van der Waals surface area contributed by atoms with E-state index >= 15 is 0 Å². The van der Waals surface area contributed by atoms with Crippen LogP contribution in [0.5, 0.6) is 11.5 Å². The highest BCUT2D eigenvalue weighted by Gasteiger charge is 2.19. The van der Waals surface area contributed by atoms with E-state index in [1.165, 1.54) is 0 Å². The molecule has 0 aliphatic carbocycles. The minimum absolute atomic E-state index is 0.519. The summed E-state index contributed by atoms with van der Waals surface area (Å²) >= 11 is 0. The molecule has 0 spiro atoms. The van der Waals surface area contributed by atoms with Gasteiger partial charge in [-0.3, -0.25) is 0 Å². The fourth-order valence-corrected chi connectivity index (χ4v) is 1.95. The molecule has 0 unspecified atom stereocenters. The zero-order chi connectivity index (χ0) is 12.4. The number of hydrogen-bond donors (Lipinski definition) is 0. The van der Waals surface area contributed by atoms with Crippen LogP contribution in [-0.4, -0.2) is 31.9 Å². The van der Waals surface area contributed by atoms with Crippen molar-refractivity contribution in [3.8, 4) is 11.5 Å². The van der Waals surface area contributed by atoms with E-state index in [-0.39, 0.29) is 0 Å². The number of aromatic nitrogens is 1. The maximum absolute atomic E-state index is 5.71. The van der Waals surface area contributed by atoms with Crippen molar-refractivity contribution >= 4 is 10.9 Å². The molecule has 18 heavy (non-hydrogen) atoms.